The second-order valence-electron chi connectivity index (χ2n) is 5.07. The standard InChI is InChI=1S/C16H17BrO4/c1-3-9-7-13(15(19)16(20)21-4-2)14(18)12-8-10(17)5-6-11(9)12/h5-6,8-9,13H,3-4,7H2,1-2H3. The highest BCUT2D eigenvalue weighted by Crippen LogP contribution is 2.38. The predicted molar refractivity (Wildman–Crippen MR) is 81.3 cm³/mol. The van der Waals surface area contributed by atoms with Crippen LogP contribution in [0.25, 0.3) is 0 Å². The van der Waals surface area contributed by atoms with E-state index >= 15 is 0 Å². The molecule has 0 N–H and O–H groups in total. The van der Waals surface area contributed by atoms with Crippen molar-refractivity contribution in [2.75, 3.05) is 6.61 Å². The second-order valence-corrected chi connectivity index (χ2v) is 5.99. The van der Waals surface area contributed by atoms with E-state index in [1.54, 1.807) is 13.0 Å². The molecule has 4 nitrogen and oxygen atoms in total. The Morgan fingerprint density at radius 3 is 2.67 bits per heavy atom. The van der Waals surface area contributed by atoms with Crippen molar-refractivity contribution in [1.82, 2.24) is 0 Å². The van der Waals surface area contributed by atoms with Crippen LogP contribution in [-0.2, 0) is 14.3 Å². The maximum atomic E-state index is 12.5. The monoisotopic (exact) mass is 352 g/mol. The summed E-state index contributed by atoms with van der Waals surface area (Å²) in [6, 6.07) is 5.53. The molecule has 0 aliphatic heterocycles. The van der Waals surface area contributed by atoms with Crippen LogP contribution in [-0.4, -0.2) is 24.1 Å². The van der Waals surface area contributed by atoms with E-state index < -0.39 is 17.7 Å². The summed E-state index contributed by atoms with van der Waals surface area (Å²) in [6.45, 7) is 3.78. The van der Waals surface area contributed by atoms with Crippen molar-refractivity contribution in [3.63, 3.8) is 0 Å². The quantitative estimate of drug-likeness (QED) is 0.474. The van der Waals surface area contributed by atoms with E-state index in [1.807, 2.05) is 19.1 Å². The van der Waals surface area contributed by atoms with Gasteiger partial charge >= 0.3 is 5.97 Å². The molecular weight excluding hydrogens is 336 g/mol. The fraction of sp³-hybridized carbons (Fsp3) is 0.438. The Morgan fingerprint density at radius 1 is 1.33 bits per heavy atom. The summed E-state index contributed by atoms with van der Waals surface area (Å²) < 4.78 is 5.52. The molecule has 2 rings (SSSR count). The van der Waals surface area contributed by atoms with Crippen LogP contribution in [0.15, 0.2) is 22.7 Å². The number of hydrogen-bond donors (Lipinski definition) is 0. The minimum atomic E-state index is -0.921. The van der Waals surface area contributed by atoms with Gasteiger partial charge in [0.25, 0.3) is 5.78 Å². The highest BCUT2D eigenvalue weighted by molar-refractivity contribution is 9.10. The number of ketones is 2. The molecule has 5 heteroatoms. The molecule has 1 aromatic carbocycles. The first-order valence-corrected chi connectivity index (χ1v) is 7.83. The number of ether oxygens (including phenoxy) is 1. The Labute approximate surface area is 132 Å². The van der Waals surface area contributed by atoms with Crippen molar-refractivity contribution in [1.29, 1.82) is 0 Å². The lowest BCUT2D eigenvalue weighted by Crippen LogP contribution is -2.36. The number of benzene rings is 1. The maximum Gasteiger partial charge on any atom is 0.375 e. The smallest absolute Gasteiger partial charge is 0.375 e. The van der Waals surface area contributed by atoms with Crippen molar-refractivity contribution in [3.05, 3.63) is 33.8 Å². The normalized spacial score (nSPS) is 20.8. The van der Waals surface area contributed by atoms with E-state index in [0.29, 0.717) is 12.0 Å². The van der Waals surface area contributed by atoms with Crippen LogP contribution in [0.4, 0.5) is 0 Å². The zero-order chi connectivity index (χ0) is 15.6. The average Bonchev–Trinajstić information content (AvgIpc) is 2.47. The highest BCUT2D eigenvalue weighted by Gasteiger charge is 2.40. The molecule has 1 aliphatic carbocycles. The average molecular weight is 353 g/mol. The molecule has 0 radical (unpaired) electrons. The van der Waals surface area contributed by atoms with E-state index in [1.165, 1.54) is 0 Å². The van der Waals surface area contributed by atoms with Gasteiger partial charge in [-0.2, -0.15) is 0 Å². The Hall–Kier alpha value is -1.49. The van der Waals surface area contributed by atoms with Crippen molar-refractivity contribution >= 4 is 33.5 Å². The summed E-state index contributed by atoms with van der Waals surface area (Å²) in [5.74, 6) is -2.74. The van der Waals surface area contributed by atoms with E-state index in [-0.39, 0.29) is 18.3 Å². The van der Waals surface area contributed by atoms with Gasteiger partial charge in [-0.15, -0.1) is 0 Å². The fourth-order valence-electron chi connectivity index (χ4n) is 2.76. The molecule has 2 atom stereocenters. The number of carbonyl (C=O) groups is 3. The Balaban J connectivity index is 2.38. The first kappa shape index (κ1) is 15.9. The van der Waals surface area contributed by atoms with E-state index in [2.05, 4.69) is 15.9 Å². The molecule has 0 amide bonds. The molecule has 0 saturated carbocycles. The van der Waals surface area contributed by atoms with Crippen LogP contribution in [0.1, 0.15) is 48.5 Å². The number of halogens is 1. The fourth-order valence-corrected chi connectivity index (χ4v) is 3.12. The molecule has 0 bridgehead atoms. The third kappa shape index (κ3) is 3.07. The number of Topliss-reactive ketones (excluding diaryl/α,β-unsaturated/α-hetero) is 2. The molecule has 21 heavy (non-hydrogen) atoms. The summed E-state index contributed by atoms with van der Waals surface area (Å²) in [4.78, 5) is 36.3. The molecule has 0 spiro atoms. The van der Waals surface area contributed by atoms with Gasteiger partial charge in [-0.1, -0.05) is 28.9 Å². The first-order chi connectivity index (χ1) is 9.99. The van der Waals surface area contributed by atoms with E-state index in [4.69, 9.17) is 4.74 Å². The Kier molecular flexibility index (Phi) is 4.93. The van der Waals surface area contributed by atoms with Gasteiger partial charge in [0.15, 0.2) is 5.78 Å². The number of esters is 1. The van der Waals surface area contributed by atoms with E-state index in [9.17, 15) is 14.4 Å². The zero-order valence-electron chi connectivity index (χ0n) is 12.0. The topological polar surface area (TPSA) is 60.4 Å². The van der Waals surface area contributed by atoms with Gasteiger partial charge in [0.2, 0.25) is 0 Å². The lowest BCUT2D eigenvalue weighted by molar-refractivity contribution is -0.154. The Morgan fingerprint density at radius 2 is 2.05 bits per heavy atom. The number of hydrogen-bond acceptors (Lipinski definition) is 4. The van der Waals surface area contributed by atoms with Gasteiger partial charge in [0.05, 0.1) is 12.5 Å². The van der Waals surface area contributed by atoms with E-state index in [0.717, 1.165) is 16.5 Å². The third-order valence-electron chi connectivity index (χ3n) is 3.84. The Bertz CT molecular complexity index is 594. The van der Waals surface area contributed by atoms with Crippen molar-refractivity contribution < 1.29 is 19.1 Å². The molecule has 0 heterocycles. The third-order valence-corrected chi connectivity index (χ3v) is 4.34. The zero-order valence-corrected chi connectivity index (χ0v) is 13.6. The SMILES string of the molecule is CCOC(=O)C(=O)C1CC(CC)c2ccc(Br)cc2C1=O. The molecule has 2 unspecified atom stereocenters. The summed E-state index contributed by atoms with van der Waals surface area (Å²) in [5, 5.41) is 0. The van der Waals surface area contributed by atoms with Crippen LogP contribution in [0.2, 0.25) is 0 Å². The molecule has 0 saturated heterocycles. The first-order valence-electron chi connectivity index (χ1n) is 7.04. The lowest BCUT2D eigenvalue weighted by Gasteiger charge is -2.28. The minimum Gasteiger partial charge on any atom is -0.460 e. The summed E-state index contributed by atoms with van der Waals surface area (Å²) in [5.41, 5.74) is 1.49. The second kappa shape index (κ2) is 6.52. The molecule has 0 aromatic heterocycles. The number of rotatable bonds is 4. The summed E-state index contributed by atoms with van der Waals surface area (Å²) in [7, 11) is 0. The van der Waals surface area contributed by atoms with Crippen LogP contribution < -0.4 is 0 Å². The maximum absolute atomic E-state index is 12.5. The van der Waals surface area contributed by atoms with Gasteiger partial charge < -0.3 is 4.74 Å². The lowest BCUT2D eigenvalue weighted by atomic mass is 9.73. The van der Waals surface area contributed by atoms with Crippen LogP contribution >= 0.6 is 15.9 Å². The van der Waals surface area contributed by atoms with Crippen molar-refractivity contribution in [3.8, 4) is 0 Å². The molecule has 112 valence electrons. The number of fused-ring (bicyclic) bond motifs is 1. The highest BCUT2D eigenvalue weighted by atomic mass is 79.9. The molecular formula is C16H17BrO4. The molecule has 0 fully saturated rings. The summed E-state index contributed by atoms with van der Waals surface area (Å²) in [6.07, 6.45) is 1.19. The van der Waals surface area contributed by atoms with Crippen molar-refractivity contribution in [2.45, 2.75) is 32.6 Å². The predicted octanol–water partition coefficient (Wildman–Crippen LogP) is 3.28. The van der Waals surface area contributed by atoms with Crippen LogP contribution in [0.5, 0.6) is 0 Å². The minimum absolute atomic E-state index is 0.106. The van der Waals surface area contributed by atoms with Crippen LogP contribution in [0.3, 0.4) is 0 Å². The van der Waals surface area contributed by atoms with Gasteiger partial charge in [-0.3, -0.25) is 9.59 Å². The van der Waals surface area contributed by atoms with Crippen LogP contribution in [0, 0.1) is 5.92 Å². The van der Waals surface area contributed by atoms with Gasteiger partial charge in [0, 0.05) is 10.0 Å². The number of carbonyl (C=O) groups excluding carboxylic acids is 3. The van der Waals surface area contributed by atoms with Gasteiger partial charge in [-0.05, 0) is 43.4 Å². The largest absolute Gasteiger partial charge is 0.460 e. The summed E-state index contributed by atoms with van der Waals surface area (Å²) >= 11 is 3.34. The molecule has 1 aromatic rings. The van der Waals surface area contributed by atoms with Gasteiger partial charge in [0.1, 0.15) is 0 Å². The van der Waals surface area contributed by atoms with Crippen molar-refractivity contribution in [2.24, 2.45) is 5.92 Å². The molecule has 1 aliphatic rings. The van der Waals surface area contributed by atoms with Gasteiger partial charge in [-0.25, -0.2) is 4.79 Å².